The summed E-state index contributed by atoms with van der Waals surface area (Å²) in [4.78, 5) is 43.1. The zero-order chi connectivity index (χ0) is 27.2. The quantitative estimate of drug-likeness (QED) is 0.454. The zero-order valence-electron chi connectivity index (χ0n) is 20.6. The molecule has 0 radical (unpaired) electrons. The molecule has 0 bridgehead atoms. The van der Waals surface area contributed by atoms with E-state index in [0.29, 0.717) is 47.7 Å². The number of carboxylic acids is 1. The Morgan fingerprint density at radius 2 is 1.89 bits per heavy atom. The van der Waals surface area contributed by atoms with E-state index in [4.69, 9.17) is 11.6 Å². The minimum absolute atomic E-state index is 0.0474. The molecular formula is C24H27ClN6O6S. The fourth-order valence-electron chi connectivity index (χ4n) is 5.03. The SMILES string of the molecule is Cn1nc(N2CCC(CN3C(=O)CN(S(=O)(=O)c4cc5cc(Cl)ccc5[nH]4)CC3C(=O)O)CC2)ccc1=O. The van der Waals surface area contributed by atoms with Crippen LogP contribution in [0.1, 0.15) is 12.8 Å². The standard InChI is InChI=1S/C24H27ClN6O6S/c1-28-22(32)5-4-20(27-28)29-8-6-15(7-9-29)12-31-19(24(34)35)13-30(14-23(31)33)38(36,37)21-11-16-10-17(25)2-3-18(16)26-21/h2-5,10-11,15,19,26H,6-9,12-14H2,1H3,(H,34,35). The second-order valence-electron chi connectivity index (χ2n) is 9.65. The van der Waals surface area contributed by atoms with Crippen molar-refractivity contribution in [1.82, 2.24) is 24.0 Å². The number of aromatic amines is 1. The second kappa shape index (κ2) is 10.0. The van der Waals surface area contributed by atoms with Gasteiger partial charge in [0.05, 0.1) is 6.54 Å². The molecule has 1 atom stereocenters. The van der Waals surface area contributed by atoms with Crippen molar-refractivity contribution in [3.8, 4) is 0 Å². The molecule has 2 N–H and O–H groups in total. The Morgan fingerprint density at radius 3 is 2.58 bits per heavy atom. The van der Waals surface area contributed by atoms with Crippen LogP contribution in [0.25, 0.3) is 10.9 Å². The highest BCUT2D eigenvalue weighted by Gasteiger charge is 2.43. The minimum atomic E-state index is -4.15. The molecule has 1 unspecified atom stereocenters. The fourth-order valence-corrected chi connectivity index (χ4v) is 6.62. The molecule has 38 heavy (non-hydrogen) atoms. The molecule has 1 amide bonds. The number of amides is 1. The number of aliphatic carboxylic acids is 1. The van der Waals surface area contributed by atoms with E-state index in [1.165, 1.54) is 21.7 Å². The summed E-state index contributed by atoms with van der Waals surface area (Å²) in [7, 11) is -2.56. The molecule has 1 aromatic carbocycles. The Labute approximate surface area is 223 Å². The molecule has 14 heteroatoms. The van der Waals surface area contributed by atoms with E-state index in [1.54, 1.807) is 31.3 Å². The van der Waals surface area contributed by atoms with Crippen molar-refractivity contribution < 1.29 is 23.1 Å². The van der Waals surface area contributed by atoms with Crippen LogP contribution in [-0.2, 0) is 26.7 Å². The number of rotatable bonds is 6. The summed E-state index contributed by atoms with van der Waals surface area (Å²) in [6, 6.07) is 8.17. The van der Waals surface area contributed by atoms with Crippen LogP contribution in [0.3, 0.4) is 0 Å². The summed E-state index contributed by atoms with van der Waals surface area (Å²) in [5.41, 5.74) is 0.365. The maximum absolute atomic E-state index is 13.3. The van der Waals surface area contributed by atoms with Gasteiger partial charge >= 0.3 is 5.97 Å². The van der Waals surface area contributed by atoms with Gasteiger partial charge in [-0.15, -0.1) is 0 Å². The molecule has 3 aromatic rings. The monoisotopic (exact) mass is 562 g/mol. The number of aromatic nitrogens is 3. The first-order valence-electron chi connectivity index (χ1n) is 12.1. The number of piperidine rings is 1. The average Bonchev–Trinajstić information content (AvgIpc) is 3.31. The highest BCUT2D eigenvalue weighted by atomic mass is 35.5. The van der Waals surface area contributed by atoms with E-state index in [9.17, 15) is 27.9 Å². The normalized spacial score (nSPS) is 19.8. The number of nitrogens with one attached hydrogen (secondary N) is 1. The summed E-state index contributed by atoms with van der Waals surface area (Å²) >= 11 is 6.00. The third-order valence-electron chi connectivity index (χ3n) is 7.19. The number of hydrogen-bond acceptors (Lipinski definition) is 7. The third-order valence-corrected chi connectivity index (χ3v) is 9.15. The summed E-state index contributed by atoms with van der Waals surface area (Å²) in [6.07, 6.45) is 1.39. The van der Waals surface area contributed by atoms with Gasteiger partial charge in [0.15, 0.2) is 0 Å². The van der Waals surface area contributed by atoms with E-state index < -0.39 is 34.5 Å². The molecule has 12 nitrogen and oxygen atoms in total. The van der Waals surface area contributed by atoms with Crippen molar-refractivity contribution in [2.75, 3.05) is 37.6 Å². The Kier molecular flexibility index (Phi) is 6.92. The van der Waals surface area contributed by atoms with E-state index in [1.807, 2.05) is 4.90 Å². The van der Waals surface area contributed by atoms with Gasteiger partial charge in [-0.25, -0.2) is 17.9 Å². The van der Waals surface area contributed by atoms with Gasteiger partial charge in [0.2, 0.25) is 5.91 Å². The van der Waals surface area contributed by atoms with Crippen LogP contribution in [0.15, 0.2) is 46.2 Å². The molecule has 2 fully saturated rings. The number of aryl methyl sites for hydroxylation is 1. The first kappa shape index (κ1) is 26.2. The molecule has 0 aliphatic carbocycles. The Morgan fingerprint density at radius 1 is 1.16 bits per heavy atom. The maximum Gasteiger partial charge on any atom is 0.327 e. The van der Waals surface area contributed by atoms with Crippen LogP contribution in [0, 0.1) is 5.92 Å². The molecule has 4 heterocycles. The predicted octanol–water partition coefficient (Wildman–Crippen LogP) is 1.12. The number of carbonyl (C=O) groups excluding carboxylic acids is 1. The first-order chi connectivity index (χ1) is 18.0. The van der Waals surface area contributed by atoms with E-state index >= 15 is 0 Å². The fraction of sp³-hybridized carbons (Fsp3) is 0.417. The Bertz CT molecular complexity index is 1560. The zero-order valence-corrected chi connectivity index (χ0v) is 22.2. The van der Waals surface area contributed by atoms with Crippen LogP contribution in [0.4, 0.5) is 5.82 Å². The van der Waals surface area contributed by atoms with Crippen LogP contribution in [0.2, 0.25) is 5.02 Å². The Hall–Kier alpha value is -3.42. The molecule has 0 spiro atoms. The van der Waals surface area contributed by atoms with Crippen LogP contribution < -0.4 is 10.5 Å². The molecule has 2 aliphatic rings. The highest BCUT2D eigenvalue weighted by molar-refractivity contribution is 7.89. The number of sulfonamides is 1. The lowest BCUT2D eigenvalue weighted by molar-refractivity contribution is -0.154. The lowest BCUT2D eigenvalue weighted by Crippen LogP contribution is -2.61. The van der Waals surface area contributed by atoms with Crippen molar-refractivity contribution in [1.29, 1.82) is 0 Å². The van der Waals surface area contributed by atoms with Gasteiger partial charge < -0.3 is 19.9 Å². The van der Waals surface area contributed by atoms with Gasteiger partial charge in [0.25, 0.3) is 15.6 Å². The van der Waals surface area contributed by atoms with Crippen molar-refractivity contribution in [3.05, 3.63) is 51.8 Å². The number of halogens is 1. The number of anilines is 1. The van der Waals surface area contributed by atoms with Gasteiger partial charge in [-0.05, 0) is 49.1 Å². The molecule has 2 aliphatic heterocycles. The number of carboxylic acid groups (broad SMARTS) is 1. The lowest BCUT2D eigenvalue weighted by atomic mass is 9.95. The molecule has 2 saturated heterocycles. The molecular weight excluding hydrogens is 536 g/mol. The van der Waals surface area contributed by atoms with Crippen molar-refractivity contribution >= 4 is 50.2 Å². The predicted molar refractivity (Wildman–Crippen MR) is 140 cm³/mol. The number of fused-ring (bicyclic) bond motifs is 1. The summed E-state index contributed by atoms with van der Waals surface area (Å²) < 4.78 is 28.9. The Balaban J connectivity index is 1.28. The lowest BCUT2D eigenvalue weighted by Gasteiger charge is -2.41. The number of carbonyl (C=O) groups is 2. The number of benzene rings is 1. The summed E-state index contributed by atoms with van der Waals surface area (Å²) in [6.45, 7) is 0.716. The molecule has 202 valence electrons. The van der Waals surface area contributed by atoms with Crippen molar-refractivity contribution in [2.24, 2.45) is 13.0 Å². The smallest absolute Gasteiger partial charge is 0.327 e. The van der Waals surface area contributed by atoms with Gasteiger partial charge in [-0.3, -0.25) is 9.59 Å². The number of piperazine rings is 1. The van der Waals surface area contributed by atoms with Crippen molar-refractivity contribution in [3.63, 3.8) is 0 Å². The van der Waals surface area contributed by atoms with Gasteiger partial charge in [-0.1, -0.05) is 11.6 Å². The second-order valence-corrected chi connectivity index (χ2v) is 12.0. The summed E-state index contributed by atoms with van der Waals surface area (Å²) in [5, 5.41) is 15.1. The topological polar surface area (TPSA) is 149 Å². The van der Waals surface area contributed by atoms with E-state index in [-0.39, 0.29) is 29.6 Å². The average molecular weight is 563 g/mol. The number of H-pyrrole nitrogens is 1. The molecule has 5 rings (SSSR count). The van der Waals surface area contributed by atoms with Crippen LogP contribution in [-0.4, -0.2) is 88.1 Å². The van der Waals surface area contributed by atoms with Gasteiger partial charge in [0.1, 0.15) is 16.9 Å². The molecule has 2 aromatic heterocycles. The first-order valence-corrected chi connectivity index (χ1v) is 13.9. The van der Waals surface area contributed by atoms with Crippen molar-refractivity contribution in [2.45, 2.75) is 23.9 Å². The van der Waals surface area contributed by atoms with Crippen LogP contribution >= 0.6 is 11.6 Å². The minimum Gasteiger partial charge on any atom is -0.480 e. The number of hydrogen-bond donors (Lipinski definition) is 2. The highest BCUT2D eigenvalue weighted by Crippen LogP contribution is 2.28. The number of nitrogens with zero attached hydrogens (tertiary/aromatic N) is 5. The van der Waals surface area contributed by atoms with E-state index in [2.05, 4.69) is 10.1 Å². The third kappa shape index (κ3) is 5.00. The van der Waals surface area contributed by atoms with Crippen LogP contribution in [0.5, 0.6) is 0 Å². The molecule has 0 saturated carbocycles. The van der Waals surface area contributed by atoms with Gasteiger partial charge in [0, 0.05) is 55.2 Å². The largest absolute Gasteiger partial charge is 0.480 e. The maximum atomic E-state index is 13.3. The van der Waals surface area contributed by atoms with Gasteiger partial charge in [-0.2, -0.15) is 9.40 Å². The summed E-state index contributed by atoms with van der Waals surface area (Å²) in [5.74, 6) is -1.07. The van der Waals surface area contributed by atoms with E-state index in [0.717, 1.165) is 4.31 Å².